The van der Waals surface area contributed by atoms with Crippen molar-refractivity contribution in [1.29, 1.82) is 0 Å². The van der Waals surface area contributed by atoms with Crippen LogP contribution in [0.25, 0.3) is 0 Å². The van der Waals surface area contributed by atoms with Crippen LogP contribution in [-0.4, -0.2) is 24.9 Å². The molecule has 1 heterocycles. The van der Waals surface area contributed by atoms with Gasteiger partial charge in [-0.1, -0.05) is 6.92 Å². The molecule has 0 aliphatic heterocycles. The molecule has 1 aromatic rings. The van der Waals surface area contributed by atoms with E-state index in [2.05, 4.69) is 5.32 Å². The van der Waals surface area contributed by atoms with Gasteiger partial charge in [-0.2, -0.15) is 0 Å². The zero-order valence-electron chi connectivity index (χ0n) is 8.93. The normalized spacial score (nSPS) is 11.5. The molecule has 0 fully saturated rings. The first-order chi connectivity index (χ1) is 7.48. The molecule has 0 aromatic carbocycles. The lowest BCUT2D eigenvalue weighted by Crippen LogP contribution is -2.41. The molecule has 90 valence electrons. The minimum atomic E-state index is -3.09. The van der Waals surface area contributed by atoms with Gasteiger partial charge in [0.15, 0.2) is 5.76 Å². The first-order valence-corrected chi connectivity index (χ1v) is 4.93. The lowest BCUT2D eigenvalue weighted by molar-refractivity contribution is 0.0115. The van der Waals surface area contributed by atoms with Gasteiger partial charge < -0.3 is 15.5 Å². The van der Waals surface area contributed by atoms with Crippen molar-refractivity contribution in [3.8, 4) is 0 Å². The van der Waals surface area contributed by atoms with Gasteiger partial charge in [0.2, 0.25) is 0 Å². The van der Waals surface area contributed by atoms with E-state index < -0.39 is 24.9 Å². The molecule has 1 rings (SSSR count). The maximum atomic E-state index is 12.7. The number of hydrogen-bond donors (Lipinski definition) is 2. The summed E-state index contributed by atoms with van der Waals surface area (Å²) in [5.74, 6) is -3.08. The second-order valence-corrected chi connectivity index (χ2v) is 3.36. The van der Waals surface area contributed by atoms with Crippen LogP contribution in [0.15, 0.2) is 16.5 Å². The van der Waals surface area contributed by atoms with E-state index in [4.69, 9.17) is 10.2 Å². The SMILES string of the molecule is CCc1ccc(C(=O)NCC(F)(F)CN)o1. The second kappa shape index (κ2) is 5.07. The first kappa shape index (κ1) is 12.6. The van der Waals surface area contributed by atoms with Crippen molar-refractivity contribution in [2.75, 3.05) is 13.1 Å². The molecule has 0 unspecified atom stereocenters. The van der Waals surface area contributed by atoms with Crippen LogP contribution in [0.5, 0.6) is 0 Å². The number of furan rings is 1. The van der Waals surface area contributed by atoms with Gasteiger partial charge in [-0.3, -0.25) is 4.79 Å². The Morgan fingerprint density at radius 3 is 2.75 bits per heavy atom. The van der Waals surface area contributed by atoms with Crippen LogP contribution >= 0.6 is 0 Å². The highest BCUT2D eigenvalue weighted by molar-refractivity contribution is 5.91. The fraction of sp³-hybridized carbons (Fsp3) is 0.500. The van der Waals surface area contributed by atoms with E-state index in [-0.39, 0.29) is 5.76 Å². The average Bonchev–Trinajstić information content (AvgIpc) is 2.74. The van der Waals surface area contributed by atoms with E-state index in [0.29, 0.717) is 12.2 Å². The number of hydrogen-bond acceptors (Lipinski definition) is 3. The summed E-state index contributed by atoms with van der Waals surface area (Å²) >= 11 is 0. The quantitative estimate of drug-likeness (QED) is 0.800. The third-order valence-electron chi connectivity index (χ3n) is 2.04. The molecule has 0 saturated carbocycles. The summed E-state index contributed by atoms with van der Waals surface area (Å²) in [4.78, 5) is 11.4. The molecule has 1 amide bonds. The molecule has 0 aliphatic rings. The summed E-state index contributed by atoms with van der Waals surface area (Å²) in [5.41, 5.74) is 4.83. The van der Waals surface area contributed by atoms with Gasteiger partial charge in [0.25, 0.3) is 11.8 Å². The number of rotatable bonds is 5. The lowest BCUT2D eigenvalue weighted by atomic mass is 10.3. The topological polar surface area (TPSA) is 68.3 Å². The highest BCUT2D eigenvalue weighted by Gasteiger charge is 2.27. The average molecular weight is 232 g/mol. The van der Waals surface area contributed by atoms with Crippen LogP contribution in [0.4, 0.5) is 8.78 Å². The van der Waals surface area contributed by atoms with E-state index in [1.54, 1.807) is 6.07 Å². The number of carbonyl (C=O) groups is 1. The van der Waals surface area contributed by atoms with Crippen molar-refractivity contribution in [2.24, 2.45) is 5.73 Å². The van der Waals surface area contributed by atoms with Crippen molar-refractivity contribution in [3.05, 3.63) is 23.7 Å². The zero-order valence-corrected chi connectivity index (χ0v) is 8.93. The largest absolute Gasteiger partial charge is 0.456 e. The molecule has 0 bridgehead atoms. The van der Waals surface area contributed by atoms with Crippen molar-refractivity contribution in [3.63, 3.8) is 0 Å². The van der Waals surface area contributed by atoms with Crippen LogP contribution in [0.3, 0.4) is 0 Å². The fourth-order valence-corrected chi connectivity index (χ4v) is 1.06. The molecule has 1 aromatic heterocycles. The van der Waals surface area contributed by atoms with Crippen molar-refractivity contribution < 1.29 is 18.0 Å². The maximum Gasteiger partial charge on any atom is 0.287 e. The van der Waals surface area contributed by atoms with Gasteiger partial charge in [0.1, 0.15) is 5.76 Å². The van der Waals surface area contributed by atoms with Crippen LogP contribution in [0.1, 0.15) is 23.2 Å². The number of amides is 1. The summed E-state index contributed by atoms with van der Waals surface area (Å²) < 4.78 is 30.6. The summed E-state index contributed by atoms with van der Waals surface area (Å²) in [6.45, 7) is 0.277. The number of alkyl halides is 2. The molecule has 3 N–H and O–H groups in total. The zero-order chi connectivity index (χ0) is 12.2. The van der Waals surface area contributed by atoms with Gasteiger partial charge in [-0.25, -0.2) is 8.78 Å². The molecule has 16 heavy (non-hydrogen) atoms. The standard InChI is InChI=1S/C10H14F2N2O2/c1-2-7-3-4-8(16-7)9(15)14-6-10(11,12)5-13/h3-4H,2,5-6,13H2,1H3,(H,14,15). The molecule has 0 aliphatic carbocycles. The van der Waals surface area contributed by atoms with Gasteiger partial charge in [-0.15, -0.1) is 0 Å². The van der Waals surface area contributed by atoms with E-state index in [1.807, 2.05) is 6.92 Å². The Morgan fingerprint density at radius 2 is 2.25 bits per heavy atom. The molecule has 0 atom stereocenters. The van der Waals surface area contributed by atoms with Crippen LogP contribution in [0.2, 0.25) is 0 Å². The maximum absolute atomic E-state index is 12.7. The third kappa shape index (κ3) is 3.30. The number of aryl methyl sites for hydroxylation is 1. The molecular formula is C10H14F2N2O2. The first-order valence-electron chi connectivity index (χ1n) is 4.93. The number of carbonyl (C=O) groups excluding carboxylic acids is 1. The Labute approximate surface area is 91.8 Å². The van der Waals surface area contributed by atoms with Crippen LogP contribution in [-0.2, 0) is 6.42 Å². The summed E-state index contributed by atoms with van der Waals surface area (Å²) in [6.07, 6.45) is 0.645. The summed E-state index contributed by atoms with van der Waals surface area (Å²) in [5, 5.41) is 2.06. The Bertz CT molecular complexity index is 363. The highest BCUT2D eigenvalue weighted by atomic mass is 19.3. The predicted octanol–water partition coefficient (Wildman–Crippen LogP) is 1.17. The molecule has 0 saturated heterocycles. The second-order valence-electron chi connectivity index (χ2n) is 3.36. The fourth-order valence-electron chi connectivity index (χ4n) is 1.06. The minimum absolute atomic E-state index is 0.0321. The van der Waals surface area contributed by atoms with Gasteiger partial charge >= 0.3 is 0 Å². The molecule has 6 heteroatoms. The Balaban J connectivity index is 2.53. The molecule has 4 nitrogen and oxygen atoms in total. The number of nitrogens with one attached hydrogen (secondary N) is 1. The van der Waals surface area contributed by atoms with Crippen molar-refractivity contribution >= 4 is 5.91 Å². The smallest absolute Gasteiger partial charge is 0.287 e. The molecule has 0 spiro atoms. The van der Waals surface area contributed by atoms with Crippen LogP contribution in [0, 0.1) is 0 Å². The van der Waals surface area contributed by atoms with Crippen molar-refractivity contribution in [2.45, 2.75) is 19.3 Å². The minimum Gasteiger partial charge on any atom is -0.456 e. The number of nitrogens with two attached hydrogens (primary N) is 1. The Morgan fingerprint density at radius 1 is 1.56 bits per heavy atom. The number of halogens is 2. The van der Waals surface area contributed by atoms with E-state index in [0.717, 1.165) is 0 Å². The van der Waals surface area contributed by atoms with Crippen LogP contribution < -0.4 is 11.1 Å². The predicted molar refractivity (Wildman–Crippen MR) is 54.4 cm³/mol. The third-order valence-corrected chi connectivity index (χ3v) is 2.04. The van der Waals surface area contributed by atoms with Gasteiger partial charge in [0, 0.05) is 6.42 Å². The Kier molecular flexibility index (Phi) is 4.00. The summed E-state index contributed by atoms with van der Waals surface area (Å²) in [6, 6.07) is 3.09. The monoisotopic (exact) mass is 232 g/mol. The Hall–Kier alpha value is -1.43. The lowest BCUT2D eigenvalue weighted by Gasteiger charge is -2.13. The van der Waals surface area contributed by atoms with Gasteiger partial charge in [0.05, 0.1) is 13.1 Å². The molecule has 0 radical (unpaired) electrons. The van der Waals surface area contributed by atoms with Crippen molar-refractivity contribution in [1.82, 2.24) is 5.32 Å². The summed E-state index contributed by atoms with van der Waals surface area (Å²) in [7, 11) is 0. The van der Waals surface area contributed by atoms with Gasteiger partial charge in [-0.05, 0) is 12.1 Å². The van der Waals surface area contributed by atoms with E-state index in [9.17, 15) is 13.6 Å². The molecular weight excluding hydrogens is 218 g/mol. The van der Waals surface area contributed by atoms with E-state index in [1.165, 1.54) is 6.07 Å². The van der Waals surface area contributed by atoms with E-state index >= 15 is 0 Å². The highest BCUT2D eigenvalue weighted by Crippen LogP contribution is 2.11.